The van der Waals surface area contributed by atoms with Crippen molar-refractivity contribution < 1.29 is 52.5 Å². The van der Waals surface area contributed by atoms with Crippen molar-refractivity contribution >= 4 is 35.7 Å². The second-order valence-electron chi connectivity index (χ2n) is 11.8. The first kappa shape index (κ1) is 34.1. The standard InChI is InChI=1S/C30H35F2N7O9/c31-30(32)15-22(27(44)33-18-6-7-18)38(17-30)23(40)16-48-24-14-21(35-39(24)19-4-2-1-3-5-19)26(43)34-20(8-9-25(41)42)28(45)36-10-12-37(13-11-36)29(46)47/h1-5,14,18,20,22H,6-13,15-17H2,(H,33,44)(H,34,43)(H,41,42)(H,46,47)/t20-,22-/m0/s1. The number of carbonyl (C=O) groups is 6. The molecule has 2 atom stereocenters. The fraction of sp³-hybridized carbons (Fsp3) is 0.500. The van der Waals surface area contributed by atoms with E-state index in [1.165, 1.54) is 15.6 Å². The van der Waals surface area contributed by atoms with Crippen LogP contribution in [0.1, 0.15) is 42.6 Å². The van der Waals surface area contributed by atoms with E-state index in [0.29, 0.717) is 5.69 Å². The van der Waals surface area contributed by atoms with Crippen LogP contribution in [0.5, 0.6) is 5.88 Å². The van der Waals surface area contributed by atoms with Gasteiger partial charge in [0.05, 0.1) is 12.2 Å². The minimum atomic E-state index is -3.27. The molecule has 5 amide bonds. The first-order chi connectivity index (χ1) is 22.8. The molecule has 3 fully saturated rings. The second kappa shape index (κ2) is 14.2. The molecular formula is C30H35F2N7O9. The summed E-state index contributed by atoms with van der Waals surface area (Å²) in [5, 5.41) is 27.9. The van der Waals surface area contributed by atoms with Gasteiger partial charge in [-0.1, -0.05) is 18.2 Å². The van der Waals surface area contributed by atoms with Crippen molar-refractivity contribution in [2.75, 3.05) is 39.3 Å². The number of hydrogen-bond donors (Lipinski definition) is 4. The van der Waals surface area contributed by atoms with E-state index in [2.05, 4.69) is 15.7 Å². The lowest BCUT2D eigenvalue weighted by Crippen LogP contribution is -2.55. The maximum absolute atomic E-state index is 14.3. The van der Waals surface area contributed by atoms with Crippen LogP contribution in [-0.4, -0.2) is 134 Å². The van der Waals surface area contributed by atoms with Crippen molar-refractivity contribution in [3.63, 3.8) is 0 Å². The molecule has 3 aliphatic rings. The number of likely N-dealkylation sites (tertiary alicyclic amines) is 1. The summed E-state index contributed by atoms with van der Waals surface area (Å²) in [5.74, 6) is -7.59. The highest BCUT2D eigenvalue weighted by Crippen LogP contribution is 2.33. The number of amides is 5. The van der Waals surface area contributed by atoms with Crippen molar-refractivity contribution in [1.29, 1.82) is 0 Å². The van der Waals surface area contributed by atoms with Crippen LogP contribution in [0.3, 0.4) is 0 Å². The van der Waals surface area contributed by atoms with Gasteiger partial charge in [0.1, 0.15) is 12.1 Å². The number of nitrogens with zero attached hydrogens (tertiary/aromatic N) is 5. The Labute approximate surface area is 272 Å². The maximum atomic E-state index is 14.3. The molecule has 5 rings (SSSR count). The fourth-order valence-corrected chi connectivity index (χ4v) is 5.48. The Hall–Kier alpha value is -5.29. The molecule has 1 saturated carbocycles. The zero-order valence-corrected chi connectivity index (χ0v) is 25.7. The number of nitrogens with one attached hydrogen (secondary N) is 2. The number of para-hydroxylation sites is 1. The molecule has 1 aliphatic carbocycles. The van der Waals surface area contributed by atoms with Crippen LogP contribution in [0.2, 0.25) is 0 Å². The van der Waals surface area contributed by atoms with Crippen molar-refractivity contribution in [3.8, 4) is 11.6 Å². The van der Waals surface area contributed by atoms with Gasteiger partial charge in [0.15, 0.2) is 12.3 Å². The van der Waals surface area contributed by atoms with Gasteiger partial charge in [-0.05, 0) is 31.4 Å². The van der Waals surface area contributed by atoms with Gasteiger partial charge in [0, 0.05) is 51.1 Å². The summed E-state index contributed by atoms with van der Waals surface area (Å²) in [4.78, 5) is 78.3. The van der Waals surface area contributed by atoms with Gasteiger partial charge >= 0.3 is 12.1 Å². The van der Waals surface area contributed by atoms with Crippen LogP contribution in [0, 0.1) is 0 Å². The van der Waals surface area contributed by atoms with Crippen LogP contribution in [-0.2, 0) is 19.2 Å². The minimum absolute atomic E-state index is 0.0442. The number of carbonyl (C=O) groups excluding carboxylic acids is 4. The molecule has 16 nitrogen and oxygen atoms in total. The van der Waals surface area contributed by atoms with E-state index < -0.39 is 79.7 Å². The van der Waals surface area contributed by atoms with E-state index in [4.69, 9.17) is 4.74 Å². The lowest BCUT2D eigenvalue weighted by molar-refractivity contribution is -0.140. The summed E-state index contributed by atoms with van der Waals surface area (Å²) >= 11 is 0. The summed E-state index contributed by atoms with van der Waals surface area (Å²) in [7, 11) is 0. The van der Waals surface area contributed by atoms with E-state index in [1.54, 1.807) is 30.3 Å². The van der Waals surface area contributed by atoms with Crippen LogP contribution < -0.4 is 15.4 Å². The van der Waals surface area contributed by atoms with E-state index in [9.17, 15) is 47.8 Å². The molecule has 48 heavy (non-hydrogen) atoms. The van der Waals surface area contributed by atoms with Gasteiger partial charge < -0.3 is 40.3 Å². The van der Waals surface area contributed by atoms with E-state index >= 15 is 0 Å². The summed E-state index contributed by atoms with van der Waals surface area (Å²) in [6, 6.07) is 6.74. The van der Waals surface area contributed by atoms with Gasteiger partial charge in [-0.3, -0.25) is 24.0 Å². The number of hydrogen-bond acceptors (Lipinski definition) is 8. The number of benzene rings is 1. The molecule has 4 N–H and O–H groups in total. The molecule has 0 bridgehead atoms. The molecule has 3 heterocycles. The summed E-state index contributed by atoms with van der Waals surface area (Å²) in [6.45, 7) is -1.53. The third-order valence-electron chi connectivity index (χ3n) is 8.18. The topological polar surface area (TPSA) is 204 Å². The largest absolute Gasteiger partial charge is 0.481 e. The normalized spacial score (nSPS) is 19.4. The van der Waals surface area contributed by atoms with E-state index in [-0.39, 0.29) is 50.2 Å². The predicted octanol–water partition coefficient (Wildman–Crippen LogP) is 0.551. The zero-order valence-electron chi connectivity index (χ0n) is 25.7. The minimum Gasteiger partial charge on any atom is -0.481 e. The Balaban J connectivity index is 1.31. The molecule has 2 aromatic rings. The van der Waals surface area contributed by atoms with Gasteiger partial charge in [-0.2, -0.15) is 5.10 Å². The monoisotopic (exact) mass is 675 g/mol. The van der Waals surface area contributed by atoms with Crippen LogP contribution >= 0.6 is 0 Å². The SMILES string of the molecule is O=C(O)CC[C@H](NC(=O)c1cc(OCC(=O)N2CC(F)(F)C[C@H]2C(=O)NC2CC2)n(-c2ccccc2)n1)C(=O)N1CCN(C(=O)O)CC1. The molecule has 0 radical (unpaired) electrons. The van der Waals surface area contributed by atoms with Crippen molar-refractivity contribution in [3.05, 3.63) is 42.1 Å². The Kier molecular flexibility index (Phi) is 10.1. The number of alkyl halides is 2. The number of rotatable bonds is 12. The molecule has 18 heteroatoms. The predicted molar refractivity (Wildman–Crippen MR) is 160 cm³/mol. The zero-order chi connectivity index (χ0) is 34.6. The first-order valence-electron chi connectivity index (χ1n) is 15.4. The highest BCUT2D eigenvalue weighted by molar-refractivity contribution is 5.96. The van der Waals surface area contributed by atoms with E-state index in [0.717, 1.165) is 22.6 Å². The Morgan fingerprint density at radius 1 is 1.00 bits per heavy atom. The summed E-state index contributed by atoms with van der Waals surface area (Å²) < 4.78 is 35.5. The van der Waals surface area contributed by atoms with Crippen LogP contribution in [0.25, 0.3) is 5.69 Å². The number of carboxylic acids is 1. The Morgan fingerprint density at radius 3 is 2.29 bits per heavy atom. The molecule has 2 aliphatic heterocycles. The van der Waals surface area contributed by atoms with Crippen molar-refractivity contribution in [2.24, 2.45) is 0 Å². The fourth-order valence-electron chi connectivity index (χ4n) is 5.48. The third-order valence-corrected chi connectivity index (χ3v) is 8.18. The Bertz CT molecular complexity index is 1560. The highest BCUT2D eigenvalue weighted by atomic mass is 19.3. The molecular weight excluding hydrogens is 640 g/mol. The summed E-state index contributed by atoms with van der Waals surface area (Å²) in [6.07, 6.45) is -1.18. The number of ether oxygens (including phenoxy) is 1. The summed E-state index contributed by atoms with van der Waals surface area (Å²) in [5.41, 5.74) is 0.141. The average Bonchev–Trinajstić information content (AvgIpc) is 3.66. The first-order valence-corrected chi connectivity index (χ1v) is 15.4. The third kappa shape index (κ3) is 8.34. The maximum Gasteiger partial charge on any atom is 0.407 e. The smallest absolute Gasteiger partial charge is 0.407 e. The molecule has 258 valence electrons. The number of aromatic nitrogens is 2. The number of halogens is 2. The molecule has 1 aromatic carbocycles. The van der Waals surface area contributed by atoms with Gasteiger partial charge in [0.2, 0.25) is 17.7 Å². The number of piperazine rings is 1. The Morgan fingerprint density at radius 2 is 1.67 bits per heavy atom. The van der Waals surface area contributed by atoms with Crippen LogP contribution in [0.15, 0.2) is 36.4 Å². The molecule has 0 spiro atoms. The number of carboxylic acid groups (broad SMARTS) is 2. The number of aliphatic carboxylic acids is 1. The van der Waals surface area contributed by atoms with Gasteiger partial charge in [-0.15, -0.1) is 0 Å². The van der Waals surface area contributed by atoms with E-state index in [1.807, 2.05) is 0 Å². The molecule has 1 aromatic heterocycles. The average molecular weight is 676 g/mol. The second-order valence-corrected chi connectivity index (χ2v) is 11.8. The van der Waals surface area contributed by atoms with Gasteiger partial charge in [0.25, 0.3) is 17.7 Å². The lowest BCUT2D eigenvalue weighted by Gasteiger charge is -2.35. The molecule has 2 saturated heterocycles. The van der Waals surface area contributed by atoms with Crippen molar-refractivity contribution in [2.45, 2.75) is 56.2 Å². The van der Waals surface area contributed by atoms with Crippen LogP contribution in [0.4, 0.5) is 13.6 Å². The molecule has 0 unspecified atom stereocenters. The highest BCUT2D eigenvalue weighted by Gasteiger charge is 2.50. The lowest BCUT2D eigenvalue weighted by atomic mass is 10.1. The van der Waals surface area contributed by atoms with Crippen molar-refractivity contribution in [1.82, 2.24) is 35.1 Å². The quantitative estimate of drug-likeness (QED) is 0.246. The van der Waals surface area contributed by atoms with Gasteiger partial charge in [-0.25, -0.2) is 18.3 Å².